The third-order valence-electron chi connectivity index (χ3n) is 3.01. The SMILES string of the molecule is CCc1cc(C(=O)NCCn2cc(C(=O)O)nn2)sc1C. The second kappa shape index (κ2) is 6.49. The molecule has 2 aromatic heterocycles. The molecule has 0 bridgehead atoms. The van der Waals surface area contributed by atoms with Crippen molar-refractivity contribution in [1.82, 2.24) is 20.3 Å². The zero-order valence-corrected chi connectivity index (χ0v) is 12.6. The van der Waals surface area contributed by atoms with Crippen molar-refractivity contribution in [1.29, 1.82) is 0 Å². The van der Waals surface area contributed by atoms with Gasteiger partial charge in [0, 0.05) is 11.4 Å². The average Bonchev–Trinajstić information content (AvgIpc) is 3.05. The molecule has 21 heavy (non-hydrogen) atoms. The van der Waals surface area contributed by atoms with Crippen LogP contribution in [0.5, 0.6) is 0 Å². The third-order valence-corrected chi connectivity index (χ3v) is 4.10. The van der Waals surface area contributed by atoms with E-state index >= 15 is 0 Å². The summed E-state index contributed by atoms with van der Waals surface area (Å²) < 4.78 is 1.39. The topological polar surface area (TPSA) is 97.1 Å². The normalized spacial score (nSPS) is 10.6. The van der Waals surface area contributed by atoms with Gasteiger partial charge in [-0.1, -0.05) is 12.1 Å². The van der Waals surface area contributed by atoms with E-state index in [0.29, 0.717) is 18.0 Å². The molecule has 0 saturated carbocycles. The van der Waals surface area contributed by atoms with E-state index < -0.39 is 5.97 Å². The van der Waals surface area contributed by atoms with Crippen molar-refractivity contribution in [2.24, 2.45) is 0 Å². The summed E-state index contributed by atoms with van der Waals surface area (Å²) in [6.45, 7) is 4.79. The summed E-state index contributed by atoms with van der Waals surface area (Å²) in [4.78, 5) is 24.5. The summed E-state index contributed by atoms with van der Waals surface area (Å²) in [5, 5.41) is 18.7. The first kappa shape index (κ1) is 15.2. The van der Waals surface area contributed by atoms with E-state index in [0.717, 1.165) is 11.3 Å². The Morgan fingerprint density at radius 1 is 1.48 bits per heavy atom. The molecule has 0 fully saturated rings. The van der Waals surface area contributed by atoms with Crippen molar-refractivity contribution in [3.8, 4) is 0 Å². The van der Waals surface area contributed by atoms with Gasteiger partial charge in [-0.15, -0.1) is 16.4 Å². The van der Waals surface area contributed by atoms with Crippen molar-refractivity contribution >= 4 is 23.2 Å². The van der Waals surface area contributed by atoms with E-state index in [1.807, 2.05) is 13.0 Å². The number of aryl methyl sites for hydroxylation is 2. The molecule has 0 atom stereocenters. The zero-order valence-electron chi connectivity index (χ0n) is 11.8. The Balaban J connectivity index is 1.87. The smallest absolute Gasteiger partial charge is 0.358 e. The van der Waals surface area contributed by atoms with Crippen LogP contribution in [0.15, 0.2) is 12.3 Å². The lowest BCUT2D eigenvalue weighted by molar-refractivity contribution is 0.0690. The molecule has 0 aliphatic rings. The second-order valence-electron chi connectivity index (χ2n) is 4.47. The van der Waals surface area contributed by atoms with E-state index in [1.165, 1.54) is 27.8 Å². The van der Waals surface area contributed by atoms with Gasteiger partial charge in [-0.2, -0.15) is 0 Å². The highest BCUT2D eigenvalue weighted by Gasteiger charge is 2.12. The van der Waals surface area contributed by atoms with E-state index in [1.54, 1.807) is 0 Å². The van der Waals surface area contributed by atoms with E-state index in [4.69, 9.17) is 5.11 Å². The number of thiophene rings is 1. The molecule has 2 rings (SSSR count). The number of aromatic carboxylic acids is 1. The Morgan fingerprint density at radius 3 is 2.81 bits per heavy atom. The molecule has 112 valence electrons. The summed E-state index contributed by atoms with van der Waals surface area (Å²) in [6, 6.07) is 1.91. The van der Waals surface area contributed by atoms with Crippen LogP contribution in [-0.4, -0.2) is 38.5 Å². The fourth-order valence-corrected chi connectivity index (χ4v) is 2.89. The van der Waals surface area contributed by atoms with Crippen molar-refractivity contribution in [3.05, 3.63) is 33.3 Å². The van der Waals surface area contributed by atoms with Crippen molar-refractivity contribution in [3.63, 3.8) is 0 Å². The predicted molar refractivity (Wildman–Crippen MR) is 77.7 cm³/mol. The maximum Gasteiger partial charge on any atom is 0.358 e. The molecule has 0 spiro atoms. The molecular formula is C13H16N4O3S. The minimum atomic E-state index is -1.12. The molecule has 7 nitrogen and oxygen atoms in total. The van der Waals surface area contributed by atoms with Crippen LogP contribution < -0.4 is 5.32 Å². The Hall–Kier alpha value is -2.22. The lowest BCUT2D eigenvalue weighted by Gasteiger charge is -2.02. The van der Waals surface area contributed by atoms with E-state index in [2.05, 4.69) is 22.6 Å². The zero-order chi connectivity index (χ0) is 15.4. The standard InChI is InChI=1S/C13H16N4O3S/c1-3-9-6-11(21-8(9)2)12(18)14-4-5-17-7-10(13(19)20)15-16-17/h6-7H,3-5H2,1-2H3,(H,14,18)(H,19,20). The summed E-state index contributed by atoms with van der Waals surface area (Å²) in [6.07, 6.45) is 2.24. The molecule has 0 aliphatic carbocycles. The summed E-state index contributed by atoms with van der Waals surface area (Å²) in [5.41, 5.74) is 1.08. The first-order valence-corrected chi connectivity index (χ1v) is 7.33. The number of amides is 1. The number of carbonyl (C=O) groups excluding carboxylic acids is 1. The van der Waals surface area contributed by atoms with Gasteiger partial charge in [-0.3, -0.25) is 4.79 Å². The highest BCUT2D eigenvalue weighted by atomic mass is 32.1. The average molecular weight is 308 g/mol. The predicted octanol–water partition coefficient (Wildman–Crippen LogP) is 1.34. The molecular weight excluding hydrogens is 292 g/mol. The van der Waals surface area contributed by atoms with E-state index in [-0.39, 0.29) is 11.6 Å². The number of carbonyl (C=O) groups is 2. The second-order valence-corrected chi connectivity index (χ2v) is 5.73. The van der Waals surface area contributed by atoms with Crippen molar-refractivity contribution < 1.29 is 14.7 Å². The maximum absolute atomic E-state index is 12.0. The number of hydrogen-bond donors (Lipinski definition) is 2. The molecule has 0 radical (unpaired) electrons. The Kier molecular flexibility index (Phi) is 4.69. The number of nitrogens with zero attached hydrogens (tertiary/aromatic N) is 3. The van der Waals surface area contributed by atoms with Gasteiger partial charge in [0.15, 0.2) is 5.69 Å². The number of aromatic nitrogens is 3. The Labute approximate surface area is 125 Å². The van der Waals surface area contributed by atoms with Crippen LogP contribution in [0.25, 0.3) is 0 Å². The lowest BCUT2D eigenvalue weighted by Crippen LogP contribution is -2.26. The lowest BCUT2D eigenvalue weighted by atomic mass is 10.2. The number of hydrogen-bond acceptors (Lipinski definition) is 5. The number of carboxylic acids is 1. The van der Waals surface area contributed by atoms with Gasteiger partial charge in [0.1, 0.15) is 0 Å². The van der Waals surface area contributed by atoms with Crippen molar-refractivity contribution in [2.45, 2.75) is 26.8 Å². The minimum Gasteiger partial charge on any atom is -0.476 e. The molecule has 0 aromatic carbocycles. The number of rotatable bonds is 6. The molecule has 0 aliphatic heterocycles. The summed E-state index contributed by atoms with van der Waals surface area (Å²) in [7, 11) is 0. The fraction of sp³-hybridized carbons (Fsp3) is 0.385. The van der Waals surface area contributed by atoms with Gasteiger partial charge in [0.25, 0.3) is 5.91 Å². The van der Waals surface area contributed by atoms with Crippen LogP contribution >= 0.6 is 11.3 Å². The fourth-order valence-electron chi connectivity index (χ4n) is 1.86. The van der Waals surface area contributed by atoms with Crippen LogP contribution in [-0.2, 0) is 13.0 Å². The quantitative estimate of drug-likeness (QED) is 0.839. The first-order valence-electron chi connectivity index (χ1n) is 6.52. The molecule has 1 amide bonds. The Morgan fingerprint density at radius 2 is 2.24 bits per heavy atom. The van der Waals surface area contributed by atoms with Crippen LogP contribution in [0.4, 0.5) is 0 Å². The molecule has 2 N–H and O–H groups in total. The van der Waals surface area contributed by atoms with Crippen LogP contribution in [0, 0.1) is 6.92 Å². The summed E-state index contributed by atoms with van der Waals surface area (Å²) >= 11 is 1.48. The van der Waals surface area contributed by atoms with Crippen LogP contribution in [0.3, 0.4) is 0 Å². The van der Waals surface area contributed by atoms with Gasteiger partial charge < -0.3 is 10.4 Å². The van der Waals surface area contributed by atoms with Gasteiger partial charge in [-0.25, -0.2) is 9.48 Å². The maximum atomic E-state index is 12.0. The number of carboxylic acid groups (broad SMARTS) is 1. The molecule has 0 saturated heterocycles. The number of nitrogens with one attached hydrogen (secondary N) is 1. The summed E-state index contributed by atoms with van der Waals surface area (Å²) in [5.74, 6) is -1.24. The van der Waals surface area contributed by atoms with E-state index in [9.17, 15) is 9.59 Å². The van der Waals surface area contributed by atoms with Gasteiger partial charge in [0.05, 0.1) is 17.6 Å². The largest absolute Gasteiger partial charge is 0.476 e. The van der Waals surface area contributed by atoms with Gasteiger partial charge in [0.2, 0.25) is 0 Å². The van der Waals surface area contributed by atoms with Crippen molar-refractivity contribution in [2.75, 3.05) is 6.54 Å². The Bertz CT molecular complexity index is 662. The van der Waals surface area contributed by atoms with Crippen LogP contribution in [0.1, 0.15) is 37.5 Å². The highest BCUT2D eigenvalue weighted by Crippen LogP contribution is 2.21. The molecule has 0 unspecified atom stereocenters. The highest BCUT2D eigenvalue weighted by molar-refractivity contribution is 7.14. The van der Waals surface area contributed by atoms with Gasteiger partial charge in [-0.05, 0) is 25.0 Å². The molecule has 8 heteroatoms. The first-order chi connectivity index (χ1) is 10.0. The molecule has 2 heterocycles. The van der Waals surface area contributed by atoms with Crippen LogP contribution in [0.2, 0.25) is 0 Å². The molecule has 2 aromatic rings. The van der Waals surface area contributed by atoms with Gasteiger partial charge >= 0.3 is 5.97 Å². The third kappa shape index (κ3) is 3.66. The minimum absolute atomic E-state index is 0.109. The monoisotopic (exact) mass is 308 g/mol.